The van der Waals surface area contributed by atoms with E-state index in [1.807, 2.05) is 0 Å². The fourth-order valence-corrected chi connectivity index (χ4v) is 12.0. The van der Waals surface area contributed by atoms with Gasteiger partial charge in [0.1, 0.15) is 11.2 Å². The number of benzene rings is 8. The summed E-state index contributed by atoms with van der Waals surface area (Å²) in [6, 6.07) is 60.1. The first-order valence-corrected chi connectivity index (χ1v) is 25.2. The third-order valence-corrected chi connectivity index (χ3v) is 16.1. The van der Waals surface area contributed by atoms with Gasteiger partial charge in [-0.3, -0.25) is 0 Å². The highest BCUT2D eigenvalue weighted by Gasteiger charge is 2.47. The molecule has 0 atom stereocenters. The van der Waals surface area contributed by atoms with Gasteiger partial charge in [-0.15, -0.1) is 0 Å². The van der Waals surface area contributed by atoms with E-state index in [4.69, 9.17) is 4.42 Å². The van der Waals surface area contributed by atoms with Crippen LogP contribution in [0.3, 0.4) is 0 Å². The Hall–Kier alpha value is -6.78. The van der Waals surface area contributed by atoms with E-state index in [0.29, 0.717) is 0 Å². The van der Waals surface area contributed by atoms with E-state index in [9.17, 15) is 0 Å². The van der Waals surface area contributed by atoms with Crippen LogP contribution in [-0.4, -0.2) is 6.71 Å². The molecule has 69 heavy (non-hydrogen) atoms. The van der Waals surface area contributed by atoms with E-state index in [1.165, 1.54) is 89.2 Å². The molecule has 8 aromatic carbocycles. The van der Waals surface area contributed by atoms with Crippen molar-refractivity contribution in [1.29, 1.82) is 0 Å². The second-order valence-electron chi connectivity index (χ2n) is 23.7. The number of aryl methyl sites for hydroxylation is 1. The molecule has 0 amide bonds. The van der Waals surface area contributed by atoms with Crippen LogP contribution in [0.15, 0.2) is 162 Å². The van der Waals surface area contributed by atoms with Crippen LogP contribution < -0.4 is 26.2 Å². The van der Waals surface area contributed by atoms with Gasteiger partial charge in [0.25, 0.3) is 6.71 Å². The number of furan rings is 1. The molecular formula is C65H63BN2O. The SMILES string of the molecule is Cc1cc(C(C)(C)C)ccc1N1c2cc3c(cc2B2c4cc5c(cc4N(c4ccc(C(C)(C)C)cc4-c4ccccc4)c4cc(-c6ccccc6)cc1c42)oc1ccccc15)C(C)(C)CCC3(C)C. The third-order valence-electron chi connectivity index (χ3n) is 16.1. The van der Waals surface area contributed by atoms with Crippen molar-refractivity contribution in [2.24, 2.45) is 0 Å². The lowest BCUT2D eigenvalue weighted by molar-refractivity contribution is 0.332. The summed E-state index contributed by atoms with van der Waals surface area (Å²) in [7, 11) is 0. The van der Waals surface area contributed by atoms with Crippen molar-refractivity contribution in [1.82, 2.24) is 0 Å². The predicted molar refractivity (Wildman–Crippen MR) is 296 cm³/mol. The number of fused-ring (bicyclic) bond motifs is 8. The molecule has 1 aromatic heterocycles. The predicted octanol–water partition coefficient (Wildman–Crippen LogP) is 16.3. The molecule has 0 saturated carbocycles. The minimum Gasteiger partial charge on any atom is -0.456 e. The van der Waals surface area contributed by atoms with Gasteiger partial charge in [-0.1, -0.05) is 178 Å². The molecule has 9 aromatic rings. The van der Waals surface area contributed by atoms with Crippen molar-refractivity contribution in [3.8, 4) is 22.3 Å². The zero-order valence-electron chi connectivity index (χ0n) is 42.3. The standard InChI is InChI=1S/C65H63BN2O/c1-40-32-44(62(2,3)4)26-28-53(40)67-55-38-50-49(64(8,9)30-31-65(50,10)11)37-52(55)66-51-36-48-46-24-18-19-25-59(46)69-60(48)39-56(51)68(58-34-43(33-57(67)61(58)66)41-20-14-12-15-21-41)54-29-27-45(63(5,6)7)35-47(54)42-22-16-13-17-23-42/h12-29,32-39H,30-31H2,1-11H3. The van der Waals surface area contributed by atoms with Gasteiger partial charge in [0.05, 0.1) is 5.69 Å². The van der Waals surface area contributed by atoms with Gasteiger partial charge >= 0.3 is 0 Å². The third kappa shape index (κ3) is 6.84. The highest BCUT2D eigenvalue weighted by Crippen LogP contribution is 2.53. The monoisotopic (exact) mass is 899 g/mol. The average Bonchev–Trinajstić information content (AvgIpc) is 3.69. The Morgan fingerprint density at radius 3 is 1.62 bits per heavy atom. The van der Waals surface area contributed by atoms with Crippen LogP contribution >= 0.6 is 0 Å². The second-order valence-corrected chi connectivity index (χ2v) is 23.7. The molecule has 2 aliphatic heterocycles. The van der Waals surface area contributed by atoms with Crippen molar-refractivity contribution in [2.45, 2.75) is 111 Å². The first-order valence-electron chi connectivity index (χ1n) is 25.2. The lowest BCUT2D eigenvalue weighted by Crippen LogP contribution is -2.62. The van der Waals surface area contributed by atoms with Crippen LogP contribution in [0.2, 0.25) is 0 Å². The maximum Gasteiger partial charge on any atom is 0.252 e. The summed E-state index contributed by atoms with van der Waals surface area (Å²) in [6.07, 6.45) is 2.29. The summed E-state index contributed by atoms with van der Waals surface area (Å²) < 4.78 is 6.85. The molecule has 4 heteroatoms. The Morgan fingerprint density at radius 2 is 0.986 bits per heavy atom. The fourth-order valence-electron chi connectivity index (χ4n) is 12.0. The summed E-state index contributed by atoms with van der Waals surface area (Å²) in [4.78, 5) is 5.26. The van der Waals surface area contributed by atoms with Crippen molar-refractivity contribution < 1.29 is 4.42 Å². The zero-order valence-corrected chi connectivity index (χ0v) is 42.3. The summed E-state index contributed by atoms with van der Waals surface area (Å²) in [6.45, 7) is 26.0. The average molecular weight is 899 g/mol. The summed E-state index contributed by atoms with van der Waals surface area (Å²) in [5.41, 5.74) is 24.6. The summed E-state index contributed by atoms with van der Waals surface area (Å²) >= 11 is 0. The molecule has 0 bridgehead atoms. The lowest BCUT2D eigenvalue weighted by atomic mass is 9.33. The van der Waals surface area contributed by atoms with Gasteiger partial charge in [0, 0.05) is 50.8 Å². The van der Waals surface area contributed by atoms with Crippen LogP contribution in [-0.2, 0) is 21.7 Å². The first-order chi connectivity index (χ1) is 32.9. The molecule has 0 radical (unpaired) electrons. The second kappa shape index (κ2) is 15.1. The minimum absolute atomic E-state index is 0.0149. The lowest BCUT2D eigenvalue weighted by Gasteiger charge is -2.48. The van der Waals surface area contributed by atoms with Gasteiger partial charge in [-0.25, -0.2) is 0 Å². The fraction of sp³-hybridized carbons (Fsp3) is 0.262. The van der Waals surface area contributed by atoms with Crippen molar-refractivity contribution >= 4 is 79.2 Å². The molecule has 0 saturated heterocycles. The molecule has 12 rings (SSSR count). The maximum atomic E-state index is 6.85. The smallest absolute Gasteiger partial charge is 0.252 e. The largest absolute Gasteiger partial charge is 0.456 e. The van der Waals surface area contributed by atoms with Crippen LogP contribution in [0.25, 0.3) is 44.2 Å². The molecule has 1 aliphatic carbocycles. The van der Waals surface area contributed by atoms with E-state index < -0.39 is 0 Å². The van der Waals surface area contributed by atoms with Crippen molar-refractivity contribution in [3.05, 3.63) is 186 Å². The van der Waals surface area contributed by atoms with E-state index >= 15 is 0 Å². The Morgan fingerprint density at radius 1 is 0.449 bits per heavy atom. The van der Waals surface area contributed by atoms with Crippen LogP contribution in [0.5, 0.6) is 0 Å². The van der Waals surface area contributed by atoms with Crippen molar-refractivity contribution in [3.63, 3.8) is 0 Å². The molecule has 3 nitrogen and oxygen atoms in total. The van der Waals surface area contributed by atoms with Gasteiger partial charge in [-0.2, -0.15) is 0 Å². The van der Waals surface area contributed by atoms with Gasteiger partial charge in [-0.05, 0) is 145 Å². The topological polar surface area (TPSA) is 19.6 Å². The van der Waals surface area contributed by atoms with E-state index in [-0.39, 0.29) is 28.4 Å². The van der Waals surface area contributed by atoms with Crippen LogP contribution in [0.4, 0.5) is 34.1 Å². The molecule has 0 spiro atoms. The summed E-state index contributed by atoms with van der Waals surface area (Å²) in [5.74, 6) is 0. The summed E-state index contributed by atoms with van der Waals surface area (Å²) in [5, 5.41) is 2.30. The molecule has 0 fully saturated rings. The number of nitrogens with zero attached hydrogens (tertiary/aromatic N) is 2. The van der Waals surface area contributed by atoms with E-state index in [2.05, 4.69) is 244 Å². The Balaban J connectivity index is 1.26. The van der Waals surface area contributed by atoms with Gasteiger partial charge < -0.3 is 14.2 Å². The number of anilines is 6. The molecule has 3 heterocycles. The number of para-hydroxylation sites is 1. The minimum atomic E-state index is -0.0651. The maximum absolute atomic E-state index is 6.85. The van der Waals surface area contributed by atoms with Crippen LogP contribution in [0, 0.1) is 6.92 Å². The first kappa shape index (κ1) is 43.5. The normalized spacial score (nSPS) is 15.8. The van der Waals surface area contributed by atoms with E-state index in [1.54, 1.807) is 0 Å². The highest BCUT2D eigenvalue weighted by atomic mass is 16.3. The van der Waals surface area contributed by atoms with Crippen molar-refractivity contribution in [2.75, 3.05) is 9.80 Å². The molecule has 0 unspecified atom stereocenters. The molecule has 0 N–H and O–H groups in total. The number of hydrogen-bond donors (Lipinski definition) is 0. The quantitative estimate of drug-likeness (QED) is 0.164. The number of hydrogen-bond acceptors (Lipinski definition) is 3. The van der Waals surface area contributed by atoms with E-state index in [0.717, 1.165) is 46.2 Å². The molecule has 3 aliphatic rings. The molecular weight excluding hydrogens is 836 g/mol. The Bertz CT molecular complexity index is 3550. The highest BCUT2D eigenvalue weighted by molar-refractivity contribution is 7.00. The Labute approximate surface area is 409 Å². The number of rotatable bonds is 4. The van der Waals surface area contributed by atoms with Crippen LogP contribution in [0.1, 0.15) is 110 Å². The van der Waals surface area contributed by atoms with Gasteiger partial charge in [0.15, 0.2) is 0 Å². The zero-order chi connectivity index (χ0) is 47.9. The molecule has 342 valence electrons. The Kier molecular flexibility index (Phi) is 9.53. The van der Waals surface area contributed by atoms with Gasteiger partial charge in [0.2, 0.25) is 0 Å².